The minimum Gasteiger partial charge on any atom is -0.323 e. The highest BCUT2D eigenvalue weighted by molar-refractivity contribution is 9.10. The molecule has 2 N–H and O–H groups in total. The van der Waals surface area contributed by atoms with Crippen molar-refractivity contribution in [2.45, 2.75) is 32.0 Å². The summed E-state index contributed by atoms with van der Waals surface area (Å²) in [7, 11) is 4.37. The average molecular weight is 330 g/mol. The van der Waals surface area contributed by atoms with Gasteiger partial charge in [-0.3, -0.25) is 4.68 Å². The molecule has 19 heavy (non-hydrogen) atoms. The van der Waals surface area contributed by atoms with Gasteiger partial charge in [-0.05, 0) is 43.4 Å². The lowest BCUT2D eigenvalue weighted by Crippen LogP contribution is -2.50. The van der Waals surface area contributed by atoms with Crippen molar-refractivity contribution in [3.05, 3.63) is 16.4 Å². The third kappa shape index (κ3) is 3.37. The Bertz CT molecular complexity index is 419. The minimum absolute atomic E-state index is 0.0239. The summed E-state index contributed by atoms with van der Waals surface area (Å²) in [6.07, 6.45) is 2.81. The molecule has 0 saturated carbocycles. The van der Waals surface area contributed by atoms with Crippen molar-refractivity contribution in [3.8, 4) is 0 Å². The number of piperazine rings is 1. The lowest BCUT2D eigenvalue weighted by atomic mass is 10.0. The minimum atomic E-state index is 0.0239. The Balaban J connectivity index is 2.07. The van der Waals surface area contributed by atoms with Crippen molar-refractivity contribution in [2.24, 2.45) is 5.73 Å². The second kappa shape index (κ2) is 6.35. The van der Waals surface area contributed by atoms with Crippen LogP contribution in [0, 0.1) is 0 Å². The zero-order valence-electron chi connectivity index (χ0n) is 12.0. The second-order valence-electron chi connectivity index (χ2n) is 5.43. The van der Waals surface area contributed by atoms with Gasteiger partial charge in [0.1, 0.15) is 0 Å². The Morgan fingerprint density at radius 3 is 2.89 bits per heavy atom. The quantitative estimate of drug-likeness (QED) is 0.904. The fourth-order valence-electron chi connectivity index (χ4n) is 2.75. The maximum atomic E-state index is 6.42. The van der Waals surface area contributed by atoms with Crippen LogP contribution in [0.25, 0.3) is 0 Å². The number of likely N-dealkylation sites (N-methyl/N-ethyl adjacent to an activating group) is 2. The van der Waals surface area contributed by atoms with E-state index in [0.29, 0.717) is 6.04 Å². The number of aromatic nitrogens is 2. The molecule has 2 atom stereocenters. The molecule has 1 saturated heterocycles. The summed E-state index contributed by atoms with van der Waals surface area (Å²) >= 11 is 3.56. The number of halogens is 1. The van der Waals surface area contributed by atoms with Gasteiger partial charge in [0.15, 0.2) is 0 Å². The Labute approximate surface area is 123 Å². The molecule has 1 fully saturated rings. The van der Waals surface area contributed by atoms with Crippen LogP contribution in [0.1, 0.15) is 25.1 Å². The van der Waals surface area contributed by atoms with Gasteiger partial charge in [-0.25, -0.2) is 0 Å². The van der Waals surface area contributed by atoms with Crippen molar-refractivity contribution >= 4 is 15.9 Å². The highest BCUT2D eigenvalue weighted by Gasteiger charge is 2.26. The molecular formula is C13H24BrN5. The zero-order chi connectivity index (χ0) is 14.0. The van der Waals surface area contributed by atoms with Crippen LogP contribution in [-0.4, -0.2) is 59.4 Å². The number of rotatable bonds is 4. The van der Waals surface area contributed by atoms with Crippen LogP contribution in [0.15, 0.2) is 10.7 Å². The van der Waals surface area contributed by atoms with Crippen LogP contribution < -0.4 is 5.73 Å². The predicted molar refractivity (Wildman–Crippen MR) is 81.1 cm³/mol. The van der Waals surface area contributed by atoms with Crippen molar-refractivity contribution in [1.82, 2.24) is 19.6 Å². The summed E-state index contributed by atoms with van der Waals surface area (Å²) in [5.41, 5.74) is 7.53. The van der Waals surface area contributed by atoms with E-state index in [-0.39, 0.29) is 6.04 Å². The fraction of sp³-hybridized carbons (Fsp3) is 0.769. The molecule has 0 radical (unpaired) electrons. The second-order valence-corrected chi connectivity index (χ2v) is 6.29. The summed E-state index contributed by atoms with van der Waals surface area (Å²) in [5.74, 6) is 0. The van der Waals surface area contributed by atoms with Crippen molar-refractivity contribution in [1.29, 1.82) is 0 Å². The molecule has 5 nitrogen and oxygen atoms in total. The van der Waals surface area contributed by atoms with E-state index in [1.165, 1.54) is 0 Å². The molecule has 6 heteroatoms. The van der Waals surface area contributed by atoms with Gasteiger partial charge in [0.2, 0.25) is 0 Å². The predicted octanol–water partition coefficient (Wildman–Crippen LogP) is 1.30. The molecular weight excluding hydrogens is 306 g/mol. The monoisotopic (exact) mass is 329 g/mol. The molecule has 0 bridgehead atoms. The lowest BCUT2D eigenvalue weighted by molar-refractivity contribution is 0.103. The first kappa shape index (κ1) is 15.0. The molecule has 0 aromatic carbocycles. The Morgan fingerprint density at radius 2 is 2.21 bits per heavy atom. The van der Waals surface area contributed by atoms with Crippen LogP contribution in [0.3, 0.4) is 0 Å². The number of hydrogen-bond acceptors (Lipinski definition) is 4. The van der Waals surface area contributed by atoms with E-state index in [2.05, 4.69) is 51.8 Å². The molecule has 0 aliphatic carbocycles. The fourth-order valence-corrected chi connectivity index (χ4v) is 3.34. The van der Waals surface area contributed by atoms with E-state index in [0.717, 1.165) is 42.8 Å². The summed E-state index contributed by atoms with van der Waals surface area (Å²) in [5, 5.41) is 4.35. The van der Waals surface area contributed by atoms with Crippen LogP contribution in [0.4, 0.5) is 0 Å². The number of nitrogens with two attached hydrogens (primary N) is 1. The molecule has 1 aromatic heterocycles. The van der Waals surface area contributed by atoms with Gasteiger partial charge in [-0.2, -0.15) is 5.10 Å². The molecule has 0 amide bonds. The van der Waals surface area contributed by atoms with Crippen molar-refractivity contribution < 1.29 is 0 Å². The highest BCUT2D eigenvalue weighted by atomic mass is 79.9. The molecule has 2 rings (SSSR count). The van der Waals surface area contributed by atoms with E-state index in [4.69, 9.17) is 5.73 Å². The Hall–Kier alpha value is -0.430. The first-order valence-corrected chi connectivity index (χ1v) is 7.67. The van der Waals surface area contributed by atoms with Gasteiger partial charge in [-0.15, -0.1) is 0 Å². The van der Waals surface area contributed by atoms with E-state index in [1.54, 1.807) is 0 Å². The number of nitrogens with zero attached hydrogens (tertiary/aromatic N) is 4. The first-order chi connectivity index (χ1) is 9.02. The third-order valence-electron chi connectivity index (χ3n) is 3.99. The maximum Gasteiger partial charge on any atom is 0.0693 e. The van der Waals surface area contributed by atoms with Crippen molar-refractivity contribution in [3.63, 3.8) is 0 Å². The number of hydrogen-bond donors (Lipinski definition) is 1. The first-order valence-electron chi connectivity index (χ1n) is 6.88. The van der Waals surface area contributed by atoms with Gasteiger partial charge < -0.3 is 15.5 Å². The van der Waals surface area contributed by atoms with Crippen LogP contribution in [-0.2, 0) is 6.54 Å². The summed E-state index contributed by atoms with van der Waals surface area (Å²) in [4.78, 5) is 4.80. The molecule has 1 aromatic rings. The van der Waals surface area contributed by atoms with Crippen LogP contribution in [0.5, 0.6) is 0 Å². The van der Waals surface area contributed by atoms with Gasteiger partial charge in [0, 0.05) is 38.3 Å². The number of aryl methyl sites for hydroxylation is 1. The smallest absolute Gasteiger partial charge is 0.0693 e. The lowest BCUT2D eigenvalue weighted by Gasteiger charge is -2.38. The Kier molecular flexibility index (Phi) is 5.00. The molecule has 1 aliphatic rings. The summed E-state index contributed by atoms with van der Waals surface area (Å²) < 4.78 is 3.01. The molecule has 2 unspecified atom stereocenters. The SMILES string of the molecule is CCn1ncc(Br)c1C(N)CC1CN(C)CCN1C. The summed E-state index contributed by atoms with van der Waals surface area (Å²) in [6, 6.07) is 0.539. The van der Waals surface area contributed by atoms with Gasteiger partial charge in [0.05, 0.1) is 16.4 Å². The van der Waals surface area contributed by atoms with E-state index < -0.39 is 0 Å². The van der Waals surface area contributed by atoms with E-state index in [9.17, 15) is 0 Å². The van der Waals surface area contributed by atoms with Crippen LogP contribution in [0.2, 0.25) is 0 Å². The normalized spacial score (nSPS) is 23.7. The summed E-state index contributed by atoms with van der Waals surface area (Å²) in [6.45, 7) is 6.29. The van der Waals surface area contributed by atoms with Gasteiger partial charge in [0.25, 0.3) is 0 Å². The standard InChI is InChI=1S/C13H24BrN5/c1-4-19-13(11(14)8-16-19)12(15)7-10-9-17(2)5-6-18(10)3/h8,10,12H,4-7,9,15H2,1-3H3. The zero-order valence-corrected chi connectivity index (χ0v) is 13.6. The topological polar surface area (TPSA) is 50.3 Å². The Morgan fingerprint density at radius 1 is 1.47 bits per heavy atom. The maximum absolute atomic E-state index is 6.42. The van der Waals surface area contributed by atoms with Gasteiger partial charge >= 0.3 is 0 Å². The van der Waals surface area contributed by atoms with Crippen LogP contribution >= 0.6 is 15.9 Å². The molecule has 108 valence electrons. The molecule has 0 spiro atoms. The van der Waals surface area contributed by atoms with Crippen molar-refractivity contribution in [2.75, 3.05) is 33.7 Å². The molecule has 2 heterocycles. The average Bonchev–Trinajstić information content (AvgIpc) is 2.75. The van der Waals surface area contributed by atoms with E-state index in [1.807, 2.05) is 10.9 Å². The van der Waals surface area contributed by atoms with Gasteiger partial charge in [-0.1, -0.05) is 0 Å². The molecule has 1 aliphatic heterocycles. The highest BCUT2D eigenvalue weighted by Crippen LogP contribution is 2.26. The third-order valence-corrected chi connectivity index (χ3v) is 4.60. The largest absolute Gasteiger partial charge is 0.323 e. The van der Waals surface area contributed by atoms with E-state index >= 15 is 0 Å².